The summed E-state index contributed by atoms with van der Waals surface area (Å²) in [4.78, 5) is 2.17. The van der Waals surface area contributed by atoms with Crippen LogP contribution in [0.1, 0.15) is 32.4 Å². The number of para-hydroxylation sites is 1. The lowest BCUT2D eigenvalue weighted by Gasteiger charge is -2.30. The van der Waals surface area contributed by atoms with E-state index in [2.05, 4.69) is 28.8 Å². The molecule has 2 unspecified atom stereocenters. The Morgan fingerprint density at radius 1 is 1.14 bits per heavy atom. The molecule has 21 heavy (non-hydrogen) atoms. The van der Waals surface area contributed by atoms with Crippen LogP contribution in [0.3, 0.4) is 0 Å². The smallest absolute Gasteiger partial charge is 0.387 e. The lowest BCUT2D eigenvalue weighted by atomic mass is 10.0. The Labute approximate surface area is 126 Å². The van der Waals surface area contributed by atoms with Crippen molar-refractivity contribution in [1.29, 1.82) is 0 Å². The molecule has 0 amide bonds. The summed E-state index contributed by atoms with van der Waals surface area (Å²) in [7, 11) is 4.09. The summed E-state index contributed by atoms with van der Waals surface area (Å²) < 4.78 is 29.5. The maximum Gasteiger partial charge on any atom is 0.387 e. The highest BCUT2D eigenvalue weighted by Crippen LogP contribution is 2.26. The van der Waals surface area contributed by atoms with E-state index >= 15 is 0 Å². The molecule has 0 bridgehead atoms. The average Bonchev–Trinajstić information content (AvgIpc) is 2.37. The summed E-state index contributed by atoms with van der Waals surface area (Å²) in [6.45, 7) is 4.29. The Balaban J connectivity index is 2.73. The van der Waals surface area contributed by atoms with E-state index in [1.165, 1.54) is 0 Å². The summed E-state index contributed by atoms with van der Waals surface area (Å²) in [5.41, 5.74) is 0.749. The third kappa shape index (κ3) is 5.59. The van der Waals surface area contributed by atoms with Gasteiger partial charge in [0.05, 0.1) is 0 Å². The van der Waals surface area contributed by atoms with Gasteiger partial charge in [-0.05, 0) is 33.0 Å². The molecule has 2 atom stereocenters. The first kappa shape index (κ1) is 17.9. The summed E-state index contributed by atoms with van der Waals surface area (Å²) in [5, 5.41) is 3.41. The highest BCUT2D eigenvalue weighted by Gasteiger charge is 2.19. The molecule has 1 aromatic carbocycles. The minimum absolute atomic E-state index is 0.0545. The molecule has 0 aliphatic rings. The van der Waals surface area contributed by atoms with Crippen LogP contribution in [0.4, 0.5) is 8.78 Å². The molecule has 0 aliphatic heterocycles. The van der Waals surface area contributed by atoms with Gasteiger partial charge in [-0.15, -0.1) is 0 Å². The topological polar surface area (TPSA) is 24.5 Å². The van der Waals surface area contributed by atoms with E-state index in [0.29, 0.717) is 12.0 Å². The van der Waals surface area contributed by atoms with Crippen LogP contribution >= 0.6 is 0 Å². The number of nitrogens with one attached hydrogen (secondary N) is 1. The number of alkyl halides is 2. The highest BCUT2D eigenvalue weighted by atomic mass is 19.3. The predicted molar refractivity (Wildman–Crippen MR) is 81.8 cm³/mol. The molecule has 3 nitrogen and oxygen atoms in total. The molecule has 120 valence electrons. The van der Waals surface area contributed by atoms with Gasteiger partial charge >= 0.3 is 6.61 Å². The van der Waals surface area contributed by atoms with Gasteiger partial charge < -0.3 is 15.0 Å². The maximum absolute atomic E-state index is 12.4. The first-order valence-corrected chi connectivity index (χ1v) is 7.26. The van der Waals surface area contributed by atoms with E-state index in [9.17, 15) is 8.78 Å². The summed E-state index contributed by atoms with van der Waals surface area (Å²) in [5.74, 6) is 0.741. The molecular weight excluding hydrogens is 274 g/mol. The normalized spacial score (nSPS) is 14.8. The Hall–Kier alpha value is -1.20. The molecule has 1 N–H and O–H groups in total. The van der Waals surface area contributed by atoms with Gasteiger partial charge in [-0.25, -0.2) is 0 Å². The fraction of sp³-hybridized carbons (Fsp3) is 0.625. The van der Waals surface area contributed by atoms with Crippen LogP contribution in [0.2, 0.25) is 0 Å². The monoisotopic (exact) mass is 300 g/mol. The van der Waals surface area contributed by atoms with E-state index < -0.39 is 6.61 Å². The standard InChI is InChI=1S/C16H26F2N2O/c1-11(2)14(20(4)5)10-19-12(3)13-8-6-7-9-15(13)21-16(17)18/h6-9,11-12,14,16,19H,10H2,1-5H3. The zero-order chi connectivity index (χ0) is 16.0. The molecule has 5 heteroatoms. The van der Waals surface area contributed by atoms with Crippen molar-refractivity contribution in [2.45, 2.75) is 39.5 Å². The number of halogens is 2. The largest absolute Gasteiger partial charge is 0.434 e. The Bertz CT molecular complexity index is 416. The van der Waals surface area contributed by atoms with Crippen LogP contribution in [0.15, 0.2) is 24.3 Å². The van der Waals surface area contributed by atoms with Crippen molar-refractivity contribution >= 4 is 0 Å². The number of hydrogen-bond acceptors (Lipinski definition) is 3. The van der Waals surface area contributed by atoms with Crippen LogP contribution in [0.5, 0.6) is 5.75 Å². The van der Waals surface area contributed by atoms with Crippen molar-refractivity contribution < 1.29 is 13.5 Å². The first-order chi connectivity index (χ1) is 9.82. The molecule has 0 aliphatic carbocycles. The van der Waals surface area contributed by atoms with E-state index in [0.717, 1.165) is 12.1 Å². The second-order valence-electron chi connectivity index (χ2n) is 5.82. The van der Waals surface area contributed by atoms with Gasteiger partial charge in [-0.2, -0.15) is 8.78 Å². The minimum Gasteiger partial charge on any atom is -0.434 e. The highest BCUT2D eigenvalue weighted by molar-refractivity contribution is 5.35. The number of ether oxygens (including phenoxy) is 1. The lowest BCUT2D eigenvalue weighted by Crippen LogP contribution is -2.42. The average molecular weight is 300 g/mol. The molecule has 0 spiro atoms. The van der Waals surface area contributed by atoms with Crippen LogP contribution in [-0.2, 0) is 0 Å². The zero-order valence-corrected chi connectivity index (χ0v) is 13.4. The van der Waals surface area contributed by atoms with Gasteiger partial charge in [0.1, 0.15) is 5.75 Å². The number of rotatable bonds is 8. The van der Waals surface area contributed by atoms with Gasteiger partial charge in [-0.1, -0.05) is 32.0 Å². The fourth-order valence-corrected chi connectivity index (χ4v) is 2.46. The SMILES string of the molecule is CC(NCC(C(C)C)N(C)C)c1ccccc1OC(F)F. The molecule has 0 aromatic heterocycles. The van der Waals surface area contributed by atoms with Crippen LogP contribution in [0.25, 0.3) is 0 Å². The van der Waals surface area contributed by atoms with Crippen LogP contribution in [0, 0.1) is 5.92 Å². The number of benzene rings is 1. The minimum atomic E-state index is -2.80. The second-order valence-corrected chi connectivity index (χ2v) is 5.82. The van der Waals surface area contributed by atoms with Crippen molar-refractivity contribution in [2.24, 2.45) is 5.92 Å². The summed E-state index contributed by atoms with van der Waals surface area (Å²) in [6, 6.07) is 7.25. The second kappa shape index (κ2) is 8.29. The van der Waals surface area contributed by atoms with Crippen molar-refractivity contribution in [1.82, 2.24) is 10.2 Å². The van der Waals surface area contributed by atoms with Crippen molar-refractivity contribution in [2.75, 3.05) is 20.6 Å². The van der Waals surface area contributed by atoms with E-state index in [-0.39, 0.29) is 11.8 Å². The van der Waals surface area contributed by atoms with Gasteiger partial charge in [0.2, 0.25) is 0 Å². The Morgan fingerprint density at radius 2 is 1.76 bits per heavy atom. The molecule has 0 radical (unpaired) electrons. The molecule has 1 rings (SSSR count). The molecule has 0 heterocycles. The molecule has 0 saturated carbocycles. The molecule has 0 saturated heterocycles. The van der Waals surface area contributed by atoms with Crippen molar-refractivity contribution in [3.05, 3.63) is 29.8 Å². The first-order valence-electron chi connectivity index (χ1n) is 7.26. The van der Waals surface area contributed by atoms with Gasteiger partial charge in [0.25, 0.3) is 0 Å². The van der Waals surface area contributed by atoms with Crippen molar-refractivity contribution in [3.8, 4) is 5.75 Å². The van der Waals surface area contributed by atoms with Crippen molar-refractivity contribution in [3.63, 3.8) is 0 Å². The number of nitrogens with zero attached hydrogens (tertiary/aromatic N) is 1. The number of hydrogen-bond donors (Lipinski definition) is 1. The third-order valence-electron chi connectivity index (χ3n) is 3.67. The maximum atomic E-state index is 12.4. The van der Waals surface area contributed by atoms with E-state index in [1.807, 2.05) is 33.2 Å². The predicted octanol–water partition coefficient (Wildman–Crippen LogP) is 3.52. The van der Waals surface area contributed by atoms with Crippen LogP contribution in [-0.4, -0.2) is 38.2 Å². The summed E-state index contributed by atoms with van der Waals surface area (Å²) >= 11 is 0. The van der Waals surface area contributed by atoms with E-state index in [1.54, 1.807) is 12.1 Å². The quantitative estimate of drug-likeness (QED) is 0.795. The molecule has 1 aromatic rings. The Kier molecular flexibility index (Phi) is 7.05. The summed E-state index contributed by atoms with van der Waals surface area (Å²) in [6.07, 6.45) is 0. The lowest BCUT2D eigenvalue weighted by molar-refractivity contribution is -0.0506. The number of likely N-dealkylation sites (N-methyl/N-ethyl adjacent to an activating group) is 1. The Morgan fingerprint density at radius 3 is 2.29 bits per heavy atom. The van der Waals surface area contributed by atoms with Crippen LogP contribution < -0.4 is 10.1 Å². The van der Waals surface area contributed by atoms with Gasteiger partial charge in [-0.3, -0.25) is 0 Å². The fourth-order valence-electron chi connectivity index (χ4n) is 2.46. The molecule has 0 fully saturated rings. The molecular formula is C16H26F2N2O. The van der Waals surface area contributed by atoms with Gasteiger partial charge in [0.15, 0.2) is 0 Å². The van der Waals surface area contributed by atoms with Gasteiger partial charge in [0, 0.05) is 24.2 Å². The zero-order valence-electron chi connectivity index (χ0n) is 13.4. The van der Waals surface area contributed by atoms with E-state index in [4.69, 9.17) is 0 Å². The third-order valence-corrected chi connectivity index (χ3v) is 3.67.